The molecule has 83 heavy (non-hydrogen) atoms. The minimum Gasteiger partial charge on any atom is -0.457 e. The number of aromatic nitrogens is 2. The predicted octanol–water partition coefficient (Wildman–Crippen LogP) is 21.8. The molecule has 0 fully saturated rings. The minimum absolute atomic E-state index is 0.0186. The Balaban J connectivity index is 1.06. The fourth-order valence-electron chi connectivity index (χ4n) is 12.0. The lowest BCUT2D eigenvalue weighted by Crippen LogP contribution is -2.33. The van der Waals surface area contributed by atoms with Gasteiger partial charge in [-0.2, -0.15) is 0 Å². The van der Waals surface area contributed by atoms with Gasteiger partial charge in [0.2, 0.25) is 0 Å². The Hall–Kier alpha value is -7.89. The molecular formula is C78H84N4O. The molecule has 1 aliphatic heterocycles. The summed E-state index contributed by atoms with van der Waals surface area (Å²) in [5.74, 6) is 1.02. The van der Waals surface area contributed by atoms with E-state index in [1.807, 2.05) is 111 Å². The highest BCUT2D eigenvalue weighted by Gasteiger charge is 2.39. The zero-order valence-corrected chi connectivity index (χ0v) is 51.0. The number of rotatable bonds is 8. The van der Waals surface area contributed by atoms with Crippen LogP contribution in [0.3, 0.4) is 0 Å². The standard InChI is InChI=1S/C78H84N4O/c1-73(2,3)52-34-36-57(64(44-52)75(7,8)9)61-43-53(74(4,5)6)42-60(51-33-38-63-66(41-51)78(15,16)40-39-77(63,13)14)72(61)81-49-80(68-31-22-23-32-69(68)81)54-27-24-28-55(45-54)83-56-35-37-59-58-29-20-21-30-67(58)82(70(59)46-56)71-47-65(76(10,11)12)62(48-79-71)50-25-18-17-19-26-50/h17-38,41-48H,39-40,49H2,1-16H3/i17D,18D,19D,20D,21D,25D,26D,29D,30D,33D,34D,36D,38D,41D,44D. The SMILES string of the molecule is [2H]c1c([2H])c([2H])c(-c2cnc(-n3c4cc(Oc5cccc(N6CN(c7c(-c8c([2H])c([2H])c9c(c8[2H])C(C)(C)CCC9(C)C)cc(C(C)(C)C)cc7-c7c([2H])c([2H])c(C(C)(C)C)c([2H])c7C(C)(C)C)c7ccccc76)c5)ccc4c4c([2H])c([2H])c([2H])c([2H])c43)cc2C(C)(C)C)c([2H])c1[2H]. The van der Waals surface area contributed by atoms with Crippen molar-refractivity contribution in [3.63, 3.8) is 0 Å². The van der Waals surface area contributed by atoms with Gasteiger partial charge in [0.1, 0.15) is 24.0 Å². The highest BCUT2D eigenvalue weighted by molar-refractivity contribution is 6.09. The van der Waals surface area contributed by atoms with E-state index in [-0.39, 0.29) is 89.4 Å². The molecule has 0 unspecified atom stereocenters. The first kappa shape index (κ1) is 40.4. The van der Waals surface area contributed by atoms with Crippen LogP contribution < -0.4 is 14.5 Å². The summed E-state index contributed by atoms with van der Waals surface area (Å²) >= 11 is 0. The average molecular weight is 1110 g/mol. The number of para-hydroxylation sites is 3. The molecule has 1 aliphatic carbocycles. The van der Waals surface area contributed by atoms with Gasteiger partial charge >= 0.3 is 0 Å². The van der Waals surface area contributed by atoms with Crippen LogP contribution in [0, 0.1) is 0 Å². The van der Waals surface area contributed by atoms with Crippen LogP contribution in [-0.4, -0.2) is 16.2 Å². The summed E-state index contributed by atoms with van der Waals surface area (Å²) in [6.45, 7) is 32.8. The zero-order valence-electron chi connectivity index (χ0n) is 66.0. The molecule has 2 aliphatic rings. The first-order chi connectivity index (χ1) is 45.4. The third kappa shape index (κ3) is 10.1. The van der Waals surface area contributed by atoms with E-state index < -0.39 is 62.7 Å². The Morgan fingerprint density at radius 2 is 1.13 bits per heavy atom. The van der Waals surface area contributed by atoms with Crippen LogP contribution in [0.1, 0.15) is 178 Å². The molecule has 0 N–H and O–H groups in total. The summed E-state index contributed by atoms with van der Waals surface area (Å²) in [4.78, 5) is 9.18. The Bertz CT molecular complexity index is 5030. The third-order valence-corrected chi connectivity index (χ3v) is 16.8. The second-order valence-corrected chi connectivity index (χ2v) is 28.1. The summed E-state index contributed by atoms with van der Waals surface area (Å²) in [7, 11) is 0. The first-order valence-electron chi connectivity index (χ1n) is 36.5. The summed E-state index contributed by atoms with van der Waals surface area (Å²) in [6, 6.07) is 23.3. The van der Waals surface area contributed by atoms with E-state index in [1.165, 1.54) is 6.20 Å². The van der Waals surface area contributed by atoms with Gasteiger partial charge in [-0.25, -0.2) is 4.98 Å². The molecule has 8 aromatic carbocycles. The number of pyridine rings is 1. The molecule has 0 bridgehead atoms. The van der Waals surface area contributed by atoms with E-state index in [0.717, 1.165) is 35.3 Å². The monoisotopic (exact) mass is 1110 g/mol. The second kappa shape index (κ2) is 19.9. The van der Waals surface area contributed by atoms with E-state index in [4.69, 9.17) is 19.3 Å². The van der Waals surface area contributed by atoms with E-state index in [2.05, 4.69) is 70.4 Å². The maximum absolute atomic E-state index is 10.5. The molecule has 0 atom stereocenters. The molecule has 2 aromatic heterocycles. The predicted molar refractivity (Wildman–Crippen MR) is 354 cm³/mol. The van der Waals surface area contributed by atoms with Crippen LogP contribution >= 0.6 is 0 Å². The summed E-state index contributed by atoms with van der Waals surface area (Å²) in [5.41, 5.74) is 5.81. The van der Waals surface area contributed by atoms with Gasteiger partial charge in [0.05, 0.1) is 48.7 Å². The molecule has 0 saturated heterocycles. The van der Waals surface area contributed by atoms with Crippen molar-refractivity contribution in [2.45, 2.75) is 156 Å². The number of hydrogen-bond acceptors (Lipinski definition) is 4. The van der Waals surface area contributed by atoms with Crippen molar-refractivity contribution < 1.29 is 25.3 Å². The molecular weight excluding hydrogens is 1010 g/mol. The molecule has 0 spiro atoms. The van der Waals surface area contributed by atoms with Crippen molar-refractivity contribution in [3.8, 4) is 50.7 Å². The average Bonchev–Trinajstić information content (AvgIpc) is 1.12. The first-order valence-corrected chi connectivity index (χ1v) is 29.0. The number of ether oxygens (including phenoxy) is 1. The van der Waals surface area contributed by atoms with Crippen molar-refractivity contribution in [3.05, 3.63) is 215 Å². The van der Waals surface area contributed by atoms with E-state index in [9.17, 15) is 11.0 Å². The van der Waals surface area contributed by atoms with Gasteiger partial charge in [0.25, 0.3) is 0 Å². The van der Waals surface area contributed by atoms with Gasteiger partial charge < -0.3 is 14.5 Å². The van der Waals surface area contributed by atoms with Crippen LogP contribution in [0.5, 0.6) is 11.5 Å². The molecule has 10 aromatic rings. The molecule has 3 heterocycles. The van der Waals surface area contributed by atoms with Crippen LogP contribution in [0.15, 0.2) is 182 Å². The van der Waals surface area contributed by atoms with Crippen molar-refractivity contribution in [1.29, 1.82) is 0 Å². The highest BCUT2D eigenvalue weighted by atomic mass is 16.5. The topological polar surface area (TPSA) is 33.5 Å². The normalized spacial score (nSPS) is 17.8. The smallest absolute Gasteiger partial charge is 0.137 e. The van der Waals surface area contributed by atoms with Gasteiger partial charge in [-0.3, -0.25) is 4.57 Å². The lowest BCUT2D eigenvalue weighted by atomic mass is 9.63. The molecule has 12 rings (SSSR count). The fraction of sp³-hybridized carbons (Fsp3) is 0.321. The van der Waals surface area contributed by atoms with Crippen molar-refractivity contribution >= 4 is 44.6 Å². The van der Waals surface area contributed by atoms with Crippen LogP contribution in [0.4, 0.5) is 22.7 Å². The Morgan fingerprint density at radius 3 is 1.83 bits per heavy atom. The molecule has 422 valence electrons. The highest BCUT2D eigenvalue weighted by Crippen LogP contribution is 2.55. The Labute approximate surface area is 516 Å². The maximum atomic E-state index is 10.5. The summed E-state index contributed by atoms with van der Waals surface area (Å²) in [6.07, 6.45) is 3.01. The zero-order chi connectivity index (χ0) is 71.8. The molecule has 5 heteroatoms. The van der Waals surface area contributed by atoms with Crippen LogP contribution in [0.25, 0.3) is 61.0 Å². The maximum Gasteiger partial charge on any atom is 0.137 e. The molecule has 0 saturated carbocycles. The van der Waals surface area contributed by atoms with Crippen LogP contribution in [-0.2, 0) is 32.5 Å². The lowest BCUT2D eigenvalue weighted by molar-refractivity contribution is 0.332. The molecule has 5 nitrogen and oxygen atoms in total. The molecule has 0 radical (unpaired) electrons. The largest absolute Gasteiger partial charge is 0.457 e. The van der Waals surface area contributed by atoms with Crippen molar-refractivity contribution in [2.24, 2.45) is 0 Å². The van der Waals surface area contributed by atoms with E-state index in [0.29, 0.717) is 83.8 Å². The third-order valence-electron chi connectivity index (χ3n) is 16.8. The summed E-state index contributed by atoms with van der Waals surface area (Å²) < 4.78 is 149. The second-order valence-electron chi connectivity index (χ2n) is 28.1. The van der Waals surface area contributed by atoms with Gasteiger partial charge in [-0.15, -0.1) is 0 Å². The minimum atomic E-state index is -0.733. The van der Waals surface area contributed by atoms with Crippen LogP contribution in [0.2, 0.25) is 0 Å². The van der Waals surface area contributed by atoms with E-state index in [1.54, 1.807) is 28.8 Å². The lowest BCUT2D eigenvalue weighted by Gasteiger charge is -2.42. The van der Waals surface area contributed by atoms with Gasteiger partial charge in [0, 0.05) is 51.5 Å². The number of hydrogen-bond donors (Lipinski definition) is 0. The van der Waals surface area contributed by atoms with Gasteiger partial charge in [-0.1, -0.05) is 214 Å². The number of nitrogens with zero attached hydrogens (tertiary/aromatic N) is 4. The van der Waals surface area contributed by atoms with Crippen molar-refractivity contribution in [2.75, 3.05) is 16.5 Å². The number of anilines is 4. The number of fused-ring (bicyclic) bond motifs is 5. The Morgan fingerprint density at radius 1 is 0.482 bits per heavy atom. The summed E-state index contributed by atoms with van der Waals surface area (Å²) in [5, 5.41) is 0.732. The fourth-order valence-corrected chi connectivity index (χ4v) is 12.0. The van der Waals surface area contributed by atoms with Crippen molar-refractivity contribution in [1.82, 2.24) is 9.55 Å². The Kier molecular flexibility index (Phi) is 9.67. The van der Waals surface area contributed by atoms with Gasteiger partial charge in [0.15, 0.2) is 0 Å². The van der Waals surface area contributed by atoms with E-state index >= 15 is 0 Å². The quantitative estimate of drug-likeness (QED) is 0.152. The van der Waals surface area contributed by atoms with Gasteiger partial charge in [-0.05, 0) is 156 Å². The number of benzene rings is 8. The molecule has 0 amide bonds.